The lowest BCUT2D eigenvalue weighted by atomic mass is 10.1. The van der Waals surface area contributed by atoms with Crippen LogP contribution in [0.15, 0.2) is 11.1 Å². The van der Waals surface area contributed by atoms with Crippen molar-refractivity contribution in [2.75, 3.05) is 0 Å². The molecule has 0 aromatic carbocycles. The van der Waals surface area contributed by atoms with Crippen LogP contribution in [0.4, 0.5) is 0 Å². The Morgan fingerprint density at radius 3 is 1.86 bits per heavy atom. The van der Waals surface area contributed by atoms with Gasteiger partial charge in [0.05, 0.1) is 5.57 Å². The first-order valence-corrected chi connectivity index (χ1v) is 3.82. The highest BCUT2D eigenvalue weighted by Gasteiger charge is 2.28. The van der Waals surface area contributed by atoms with Crippen LogP contribution >= 0.6 is 12.2 Å². The molecule has 0 bridgehead atoms. The molecule has 0 saturated carbocycles. The molecule has 1 rings (SSSR count). The zero-order valence-corrected chi connectivity index (χ0v) is 7.51. The van der Waals surface area contributed by atoms with Crippen LogP contribution in [0.3, 0.4) is 0 Å². The molecule has 1 fully saturated rings. The predicted molar refractivity (Wildman–Crippen MR) is 48.0 cm³/mol. The van der Waals surface area contributed by atoms with Crippen molar-refractivity contribution >= 4 is 41.7 Å². The SMILES string of the molecule is O=CC(C=O)=C1C(=O)NC(=S)NC1=O. The Balaban J connectivity index is 3.21. The molecule has 0 aromatic heterocycles. The molecule has 6 nitrogen and oxygen atoms in total. The monoisotopic (exact) mass is 212 g/mol. The molecule has 7 heteroatoms. The van der Waals surface area contributed by atoms with Gasteiger partial charge in [-0.25, -0.2) is 0 Å². The standard InChI is InChI=1S/C7H4N2O4S/c10-1-3(2-11)4-5(12)8-7(14)9-6(4)13/h1-2H,(H2,8,9,12,13,14). The van der Waals surface area contributed by atoms with Gasteiger partial charge < -0.3 is 0 Å². The number of thiocarbonyl (C=S) groups is 1. The third-order valence-electron chi connectivity index (χ3n) is 1.45. The van der Waals surface area contributed by atoms with E-state index in [0.29, 0.717) is 0 Å². The Morgan fingerprint density at radius 2 is 1.50 bits per heavy atom. The maximum absolute atomic E-state index is 11.1. The largest absolute Gasteiger partial charge is 0.299 e. The van der Waals surface area contributed by atoms with Gasteiger partial charge in [0.15, 0.2) is 17.7 Å². The number of hydrogen-bond acceptors (Lipinski definition) is 5. The molecule has 14 heavy (non-hydrogen) atoms. The Morgan fingerprint density at radius 1 is 1.07 bits per heavy atom. The van der Waals surface area contributed by atoms with E-state index in [1.165, 1.54) is 0 Å². The molecule has 0 atom stereocenters. The molecule has 0 aliphatic carbocycles. The number of nitrogens with one attached hydrogen (secondary N) is 2. The van der Waals surface area contributed by atoms with Crippen LogP contribution in [-0.4, -0.2) is 29.5 Å². The van der Waals surface area contributed by atoms with Crippen LogP contribution < -0.4 is 10.6 Å². The predicted octanol–water partition coefficient (Wildman–Crippen LogP) is -1.79. The maximum Gasteiger partial charge on any atom is 0.263 e. The maximum atomic E-state index is 11.1. The summed E-state index contributed by atoms with van der Waals surface area (Å²) < 4.78 is 0. The number of carbonyl (C=O) groups excluding carboxylic acids is 4. The quantitative estimate of drug-likeness (QED) is 0.185. The lowest BCUT2D eigenvalue weighted by Gasteiger charge is -2.16. The second kappa shape index (κ2) is 3.88. The summed E-state index contributed by atoms with van der Waals surface area (Å²) in [6.45, 7) is 0. The van der Waals surface area contributed by atoms with Crippen molar-refractivity contribution < 1.29 is 19.2 Å². The van der Waals surface area contributed by atoms with E-state index in [-0.39, 0.29) is 17.7 Å². The summed E-state index contributed by atoms with van der Waals surface area (Å²) in [6.07, 6.45) is 0.270. The number of allylic oxidation sites excluding steroid dienone is 1. The van der Waals surface area contributed by atoms with Gasteiger partial charge >= 0.3 is 0 Å². The summed E-state index contributed by atoms with van der Waals surface area (Å²) in [6, 6.07) is 0. The summed E-state index contributed by atoms with van der Waals surface area (Å²) in [5.41, 5.74) is -1.04. The highest BCUT2D eigenvalue weighted by molar-refractivity contribution is 7.80. The van der Waals surface area contributed by atoms with Crippen molar-refractivity contribution in [3.8, 4) is 0 Å². The zero-order chi connectivity index (χ0) is 10.7. The molecule has 0 radical (unpaired) electrons. The van der Waals surface area contributed by atoms with E-state index >= 15 is 0 Å². The van der Waals surface area contributed by atoms with Crippen LogP contribution in [0.1, 0.15) is 0 Å². The van der Waals surface area contributed by atoms with E-state index in [1.54, 1.807) is 0 Å². The molecule has 1 aliphatic rings. The van der Waals surface area contributed by atoms with Crippen molar-refractivity contribution in [2.45, 2.75) is 0 Å². The molecule has 2 amide bonds. The second-order valence-electron chi connectivity index (χ2n) is 2.30. The molecule has 1 heterocycles. The minimum Gasteiger partial charge on any atom is -0.299 e. The number of rotatable bonds is 2. The molecular weight excluding hydrogens is 208 g/mol. The van der Waals surface area contributed by atoms with Crippen molar-refractivity contribution in [2.24, 2.45) is 0 Å². The van der Waals surface area contributed by atoms with Gasteiger partial charge in [-0.15, -0.1) is 0 Å². The average molecular weight is 212 g/mol. The molecule has 1 saturated heterocycles. The van der Waals surface area contributed by atoms with Gasteiger partial charge in [-0.05, 0) is 12.2 Å². The summed E-state index contributed by atoms with van der Waals surface area (Å²) in [4.78, 5) is 42.9. The van der Waals surface area contributed by atoms with E-state index in [9.17, 15) is 19.2 Å². The van der Waals surface area contributed by atoms with Crippen LogP contribution in [0.2, 0.25) is 0 Å². The molecule has 1 aliphatic heterocycles. The third kappa shape index (κ3) is 1.72. The summed E-state index contributed by atoms with van der Waals surface area (Å²) in [7, 11) is 0. The molecule has 0 aromatic rings. The highest BCUT2D eigenvalue weighted by atomic mass is 32.1. The first-order chi connectivity index (χ1) is 6.60. The van der Waals surface area contributed by atoms with Gasteiger partial charge in [0.2, 0.25) is 0 Å². The van der Waals surface area contributed by atoms with Gasteiger partial charge in [0.1, 0.15) is 5.57 Å². The molecule has 0 unspecified atom stereocenters. The third-order valence-corrected chi connectivity index (χ3v) is 1.65. The molecule has 2 N–H and O–H groups in total. The lowest BCUT2D eigenvalue weighted by molar-refractivity contribution is -0.124. The fourth-order valence-electron chi connectivity index (χ4n) is 0.873. The van der Waals surface area contributed by atoms with Crippen LogP contribution in [0.25, 0.3) is 0 Å². The van der Waals surface area contributed by atoms with Gasteiger partial charge in [-0.3, -0.25) is 29.8 Å². The smallest absolute Gasteiger partial charge is 0.263 e. The first-order valence-electron chi connectivity index (χ1n) is 3.41. The summed E-state index contributed by atoms with van der Waals surface area (Å²) >= 11 is 4.51. The van der Waals surface area contributed by atoms with Crippen LogP contribution in [0.5, 0.6) is 0 Å². The minimum absolute atomic E-state index is 0.135. The van der Waals surface area contributed by atoms with Crippen molar-refractivity contribution in [1.82, 2.24) is 10.6 Å². The fourth-order valence-corrected chi connectivity index (χ4v) is 1.06. The Hall–Kier alpha value is -1.89. The first kappa shape index (κ1) is 10.2. The fraction of sp³-hybridized carbons (Fsp3) is 0. The minimum atomic E-state index is -0.854. The van der Waals surface area contributed by atoms with E-state index < -0.39 is 23.0 Å². The average Bonchev–Trinajstić information content (AvgIpc) is 2.10. The van der Waals surface area contributed by atoms with Crippen molar-refractivity contribution in [1.29, 1.82) is 0 Å². The zero-order valence-electron chi connectivity index (χ0n) is 6.70. The van der Waals surface area contributed by atoms with Gasteiger partial charge in [-0.1, -0.05) is 0 Å². The van der Waals surface area contributed by atoms with Crippen LogP contribution in [0, 0.1) is 0 Å². The van der Waals surface area contributed by atoms with E-state index in [1.807, 2.05) is 0 Å². The topological polar surface area (TPSA) is 92.3 Å². The Labute approximate surface area is 83.3 Å². The molecular formula is C7H4N2O4S. The molecule has 72 valence electrons. The molecule has 0 spiro atoms. The number of carbonyl (C=O) groups is 4. The van der Waals surface area contributed by atoms with Crippen molar-refractivity contribution in [3.05, 3.63) is 11.1 Å². The Kier molecular flexibility index (Phi) is 2.82. The van der Waals surface area contributed by atoms with Gasteiger partial charge in [-0.2, -0.15) is 0 Å². The lowest BCUT2D eigenvalue weighted by Crippen LogP contribution is -2.51. The summed E-state index contributed by atoms with van der Waals surface area (Å²) in [5, 5.41) is 4.03. The second-order valence-corrected chi connectivity index (χ2v) is 2.71. The van der Waals surface area contributed by atoms with E-state index in [2.05, 4.69) is 22.9 Å². The number of amides is 2. The normalized spacial score (nSPS) is 15.7. The Bertz CT molecular complexity index is 353. The number of aldehydes is 2. The highest BCUT2D eigenvalue weighted by Crippen LogP contribution is 2.04. The van der Waals surface area contributed by atoms with Crippen molar-refractivity contribution in [3.63, 3.8) is 0 Å². The van der Waals surface area contributed by atoms with Gasteiger partial charge in [0.25, 0.3) is 11.8 Å². The van der Waals surface area contributed by atoms with E-state index in [4.69, 9.17) is 0 Å². The van der Waals surface area contributed by atoms with Crippen LogP contribution in [-0.2, 0) is 19.2 Å². The van der Waals surface area contributed by atoms with Gasteiger partial charge in [0, 0.05) is 0 Å². The number of hydrogen-bond donors (Lipinski definition) is 2. The summed E-state index contributed by atoms with van der Waals surface area (Å²) in [5.74, 6) is -1.71. The van der Waals surface area contributed by atoms with E-state index in [0.717, 1.165) is 0 Å².